The highest BCUT2D eigenvalue weighted by molar-refractivity contribution is 5.96. The number of carbonyl (C=O) groups is 1. The van der Waals surface area contributed by atoms with Gasteiger partial charge in [-0.1, -0.05) is 48.5 Å². The molecule has 3 nitrogen and oxygen atoms in total. The van der Waals surface area contributed by atoms with Crippen molar-refractivity contribution < 1.29 is 18.0 Å². The van der Waals surface area contributed by atoms with Gasteiger partial charge in [0.2, 0.25) is 0 Å². The minimum atomic E-state index is -4.63. The second kappa shape index (κ2) is 5.46. The fourth-order valence-electron chi connectivity index (χ4n) is 2.56. The van der Waals surface area contributed by atoms with Crippen LogP contribution in [0.1, 0.15) is 11.6 Å². The van der Waals surface area contributed by atoms with Gasteiger partial charge in [-0.25, -0.2) is 5.43 Å². The Labute approximate surface area is 125 Å². The monoisotopic (exact) mass is 306 g/mol. The SMILES string of the molecule is O=C1C(C(F)(F)F)NN(c2ccccc2)[C@H]1c1ccccc1. The van der Waals surface area contributed by atoms with Crippen molar-refractivity contribution in [2.75, 3.05) is 5.01 Å². The molecule has 3 rings (SSSR count). The Balaban J connectivity index is 2.04. The maximum absolute atomic E-state index is 13.1. The molecule has 2 aromatic rings. The summed E-state index contributed by atoms with van der Waals surface area (Å²) >= 11 is 0. The zero-order valence-electron chi connectivity index (χ0n) is 11.4. The number of para-hydroxylation sites is 1. The van der Waals surface area contributed by atoms with E-state index >= 15 is 0 Å². The molecular weight excluding hydrogens is 293 g/mol. The lowest BCUT2D eigenvalue weighted by Gasteiger charge is -2.25. The lowest BCUT2D eigenvalue weighted by molar-refractivity contribution is -0.162. The third-order valence-electron chi connectivity index (χ3n) is 3.56. The Morgan fingerprint density at radius 3 is 2.00 bits per heavy atom. The molecule has 1 N–H and O–H groups in total. The molecule has 1 heterocycles. The molecule has 0 aromatic heterocycles. The summed E-state index contributed by atoms with van der Waals surface area (Å²) in [5.74, 6) is -0.900. The lowest BCUT2D eigenvalue weighted by Crippen LogP contribution is -2.45. The van der Waals surface area contributed by atoms with E-state index in [0.29, 0.717) is 11.3 Å². The van der Waals surface area contributed by atoms with Gasteiger partial charge < -0.3 is 0 Å². The first-order valence-electron chi connectivity index (χ1n) is 6.74. The van der Waals surface area contributed by atoms with Gasteiger partial charge in [-0.05, 0) is 17.7 Å². The molecule has 1 fully saturated rings. The molecule has 1 unspecified atom stereocenters. The maximum atomic E-state index is 13.1. The van der Waals surface area contributed by atoms with Crippen LogP contribution in [0.3, 0.4) is 0 Å². The number of rotatable bonds is 2. The van der Waals surface area contributed by atoms with Gasteiger partial charge in [0.1, 0.15) is 6.04 Å². The van der Waals surface area contributed by atoms with Crippen LogP contribution in [-0.4, -0.2) is 18.0 Å². The van der Waals surface area contributed by atoms with Crippen molar-refractivity contribution in [2.24, 2.45) is 0 Å². The Hall–Kier alpha value is -2.34. The maximum Gasteiger partial charge on any atom is 0.412 e. The van der Waals surface area contributed by atoms with Crippen molar-refractivity contribution in [3.63, 3.8) is 0 Å². The largest absolute Gasteiger partial charge is 0.412 e. The van der Waals surface area contributed by atoms with Gasteiger partial charge in [-0.15, -0.1) is 0 Å². The summed E-state index contributed by atoms with van der Waals surface area (Å²) < 4.78 is 39.2. The summed E-state index contributed by atoms with van der Waals surface area (Å²) in [6, 6.07) is 13.8. The lowest BCUT2D eigenvalue weighted by atomic mass is 9.99. The van der Waals surface area contributed by atoms with Gasteiger partial charge >= 0.3 is 6.18 Å². The van der Waals surface area contributed by atoms with Crippen LogP contribution in [0.15, 0.2) is 60.7 Å². The molecule has 1 saturated heterocycles. The second-order valence-corrected chi connectivity index (χ2v) is 5.02. The minimum Gasteiger partial charge on any atom is -0.295 e. The third-order valence-corrected chi connectivity index (χ3v) is 3.56. The Kier molecular flexibility index (Phi) is 3.62. The second-order valence-electron chi connectivity index (χ2n) is 5.02. The molecule has 1 aliphatic rings. The van der Waals surface area contributed by atoms with Gasteiger partial charge in [0.25, 0.3) is 0 Å². The number of hydrogen-bond donors (Lipinski definition) is 1. The highest BCUT2D eigenvalue weighted by atomic mass is 19.4. The molecule has 2 atom stereocenters. The highest BCUT2D eigenvalue weighted by Crippen LogP contribution is 2.36. The Morgan fingerprint density at radius 1 is 0.909 bits per heavy atom. The van der Waals surface area contributed by atoms with Crippen LogP contribution in [0.5, 0.6) is 0 Å². The van der Waals surface area contributed by atoms with Gasteiger partial charge in [0, 0.05) is 0 Å². The van der Waals surface area contributed by atoms with E-state index in [2.05, 4.69) is 5.43 Å². The fraction of sp³-hybridized carbons (Fsp3) is 0.188. The zero-order valence-corrected chi connectivity index (χ0v) is 11.4. The van der Waals surface area contributed by atoms with E-state index in [-0.39, 0.29) is 0 Å². The van der Waals surface area contributed by atoms with E-state index < -0.39 is 24.0 Å². The molecule has 22 heavy (non-hydrogen) atoms. The topological polar surface area (TPSA) is 32.3 Å². The average Bonchev–Trinajstić information content (AvgIpc) is 2.86. The number of alkyl halides is 3. The number of halogens is 3. The van der Waals surface area contributed by atoms with Crippen LogP contribution in [0.2, 0.25) is 0 Å². The van der Waals surface area contributed by atoms with E-state index in [9.17, 15) is 18.0 Å². The van der Waals surface area contributed by atoms with Crippen molar-refractivity contribution >= 4 is 11.5 Å². The van der Waals surface area contributed by atoms with E-state index in [1.165, 1.54) is 5.01 Å². The Bertz CT molecular complexity index is 658. The van der Waals surface area contributed by atoms with E-state index in [0.717, 1.165) is 0 Å². The molecular formula is C16H13F3N2O. The first kappa shape index (κ1) is 14.6. The highest BCUT2D eigenvalue weighted by Gasteiger charge is 2.54. The number of ketones is 1. The van der Waals surface area contributed by atoms with Crippen molar-refractivity contribution in [1.82, 2.24) is 5.43 Å². The predicted octanol–water partition coefficient (Wildman–Crippen LogP) is 3.25. The molecule has 2 aromatic carbocycles. The van der Waals surface area contributed by atoms with Crippen molar-refractivity contribution in [3.8, 4) is 0 Å². The number of nitrogens with zero attached hydrogens (tertiary/aromatic N) is 1. The van der Waals surface area contributed by atoms with Crippen LogP contribution in [0.4, 0.5) is 18.9 Å². The van der Waals surface area contributed by atoms with Gasteiger partial charge in [-0.2, -0.15) is 13.2 Å². The van der Waals surface area contributed by atoms with Gasteiger partial charge in [-0.3, -0.25) is 9.80 Å². The summed E-state index contributed by atoms with van der Waals surface area (Å²) in [7, 11) is 0. The average molecular weight is 306 g/mol. The first-order chi connectivity index (χ1) is 10.5. The number of benzene rings is 2. The van der Waals surface area contributed by atoms with E-state index in [1.807, 2.05) is 0 Å². The molecule has 0 aliphatic carbocycles. The van der Waals surface area contributed by atoms with E-state index in [1.54, 1.807) is 60.7 Å². The molecule has 0 spiro atoms. The van der Waals surface area contributed by atoms with Crippen LogP contribution in [0.25, 0.3) is 0 Å². The number of Topliss-reactive ketones (excluding diaryl/α,β-unsaturated/α-hetero) is 1. The van der Waals surface area contributed by atoms with Gasteiger partial charge in [0.15, 0.2) is 11.8 Å². The van der Waals surface area contributed by atoms with E-state index in [4.69, 9.17) is 0 Å². The van der Waals surface area contributed by atoms with Gasteiger partial charge in [0.05, 0.1) is 5.69 Å². The normalized spacial score (nSPS) is 22.1. The number of anilines is 1. The molecule has 0 bridgehead atoms. The standard InChI is InChI=1S/C16H13F3N2O/c17-16(18,19)15-14(22)13(11-7-3-1-4-8-11)21(20-15)12-9-5-2-6-10-12/h1-10,13,15,20H/t13-,15?/m0/s1. The summed E-state index contributed by atoms with van der Waals surface area (Å²) in [5.41, 5.74) is 3.34. The number of hydrazine groups is 1. The fourth-order valence-corrected chi connectivity index (χ4v) is 2.56. The number of hydrogen-bond acceptors (Lipinski definition) is 3. The summed E-state index contributed by atoms with van der Waals surface area (Å²) in [6.07, 6.45) is -4.63. The molecule has 0 saturated carbocycles. The van der Waals surface area contributed by atoms with Crippen LogP contribution in [-0.2, 0) is 4.79 Å². The quantitative estimate of drug-likeness (QED) is 0.924. The molecule has 1 aliphatic heterocycles. The number of carbonyl (C=O) groups excluding carboxylic acids is 1. The summed E-state index contributed by atoms with van der Waals surface area (Å²) in [6.45, 7) is 0. The zero-order chi connectivity index (χ0) is 15.7. The Morgan fingerprint density at radius 2 is 1.45 bits per heavy atom. The predicted molar refractivity (Wildman–Crippen MR) is 76.1 cm³/mol. The van der Waals surface area contributed by atoms with Crippen LogP contribution < -0.4 is 10.4 Å². The van der Waals surface area contributed by atoms with Crippen molar-refractivity contribution in [3.05, 3.63) is 66.2 Å². The van der Waals surface area contributed by atoms with Crippen LogP contribution >= 0.6 is 0 Å². The molecule has 114 valence electrons. The smallest absolute Gasteiger partial charge is 0.295 e. The van der Waals surface area contributed by atoms with Crippen LogP contribution in [0, 0.1) is 0 Å². The minimum absolute atomic E-state index is 0.511. The summed E-state index contributed by atoms with van der Waals surface area (Å²) in [5, 5.41) is 1.29. The molecule has 0 radical (unpaired) electrons. The number of nitrogens with one attached hydrogen (secondary N) is 1. The third kappa shape index (κ3) is 2.57. The molecule has 6 heteroatoms. The molecule has 0 amide bonds. The first-order valence-corrected chi connectivity index (χ1v) is 6.74. The van der Waals surface area contributed by atoms with Crippen molar-refractivity contribution in [2.45, 2.75) is 18.3 Å². The van der Waals surface area contributed by atoms with Crippen molar-refractivity contribution in [1.29, 1.82) is 0 Å². The summed E-state index contributed by atoms with van der Waals surface area (Å²) in [4.78, 5) is 12.3.